The number of hydrogen-bond acceptors (Lipinski definition) is 5. The number of ether oxygens (including phenoxy) is 4. The molecule has 0 fully saturated rings. The second-order valence-electron chi connectivity index (χ2n) is 5.74. The zero-order valence-electron chi connectivity index (χ0n) is 15.7. The van der Waals surface area contributed by atoms with Gasteiger partial charge in [-0.2, -0.15) is 0 Å². The van der Waals surface area contributed by atoms with Crippen LogP contribution in [-0.2, 0) is 0 Å². The summed E-state index contributed by atoms with van der Waals surface area (Å²) < 4.78 is 21.3. The molecule has 6 nitrogen and oxygen atoms in total. The summed E-state index contributed by atoms with van der Waals surface area (Å²) in [7, 11) is 6.17. The SMILES string of the molecule is COc1cc(C(=O)/C=C/c2c[nH]c3cccc(OC)c23)cc(OC)c1OC. The first kappa shape index (κ1) is 18.4. The predicted molar refractivity (Wildman–Crippen MR) is 104 cm³/mol. The molecule has 2 aromatic carbocycles. The van der Waals surface area contributed by atoms with Gasteiger partial charge in [-0.05, 0) is 36.4 Å². The Morgan fingerprint density at radius 1 is 0.926 bits per heavy atom. The third-order valence-corrected chi connectivity index (χ3v) is 4.28. The Morgan fingerprint density at radius 3 is 2.19 bits per heavy atom. The highest BCUT2D eigenvalue weighted by Crippen LogP contribution is 2.38. The molecule has 3 aromatic rings. The summed E-state index contributed by atoms with van der Waals surface area (Å²) in [6.07, 6.45) is 5.11. The van der Waals surface area contributed by atoms with Crippen LogP contribution in [0.4, 0.5) is 0 Å². The molecule has 1 heterocycles. The van der Waals surface area contributed by atoms with Gasteiger partial charge in [-0.3, -0.25) is 4.79 Å². The molecule has 0 atom stereocenters. The minimum atomic E-state index is -0.182. The number of hydrogen-bond donors (Lipinski definition) is 1. The number of aromatic nitrogens is 1. The predicted octanol–water partition coefficient (Wildman–Crippen LogP) is 4.10. The molecule has 0 spiro atoms. The highest BCUT2D eigenvalue weighted by Gasteiger charge is 2.16. The van der Waals surface area contributed by atoms with Gasteiger partial charge in [0, 0.05) is 28.2 Å². The van der Waals surface area contributed by atoms with Gasteiger partial charge in [0.05, 0.1) is 28.4 Å². The van der Waals surface area contributed by atoms with Crippen molar-refractivity contribution < 1.29 is 23.7 Å². The minimum Gasteiger partial charge on any atom is -0.496 e. The summed E-state index contributed by atoms with van der Waals surface area (Å²) in [5.41, 5.74) is 2.24. The number of allylic oxidation sites excluding steroid dienone is 1. The Kier molecular flexibility index (Phi) is 5.35. The number of ketones is 1. The first-order valence-corrected chi connectivity index (χ1v) is 8.29. The topological polar surface area (TPSA) is 69.8 Å². The van der Waals surface area contributed by atoms with Crippen LogP contribution in [-0.4, -0.2) is 39.2 Å². The van der Waals surface area contributed by atoms with E-state index in [1.54, 1.807) is 25.3 Å². The third kappa shape index (κ3) is 3.46. The highest BCUT2D eigenvalue weighted by molar-refractivity contribution is 6.08. The Bertz CT molecular complexity index is 978. The fourth-order valence-electron chi connectivity index (χ4n) is 2.96. The van der Waals surface area contributed by atoms with Crippen molar-refractivity contribution in [1.29, 1.82) is 0 Å². The molecule has 0 saturated carbocycles. The van der Waals surface area contributed by atoms with Gasteiger partial charge < -0.3 is 23.9 Å². The number of aromatic amines is 1. The lowest BCUT2D eigenvalue weighted by atomic mass is 10.1. The largest absolute Gasteiger partial charge is 0.496 e. The standard InChI is InChI=1S/C21H21NO5/c1-24-17-7-5-6-15-20(17)13(12-22-15)8-9-16(23)14-10-18(25-2)21(27-4)19(11-14)26-3/h5-12,22H,1-4H3/b9-8+. The maximum absolute atomic E-state index is 12.7. The minimum absolute atomic E-state index is 0.182. The van der Waals surface area contributed by atoms with Crippen LogP contribution >= 0.6 is 0 Å². The number of H-pyrrole nitrogens is 1. The molecule has 0 amide bonds. The average molecular weight is 367 g/mol. The molecule has 0 aliphatic rings. The van der Waals surface area contributed by atoms with Crippen molar-refractivity contribution in [3.05, 3.63) is 53.7 Å². The lowest BCUT2D eigenvalue weighted by molar-refractivity contribution is 0.104. The van der Waals surface area contributed by atoms with Crippen molar-refractivity contribution in [3.8, 4) is 23.0 Å². The van der Waals surface area contributed by atoms with Gasteiger partial charge in [0.2, 0.25) is 5.75 Å². The van der Waals surface area contributed by atoms with E-state index in [-0.39, 0.29) is 5.78 Å². The van der Waals surface area contributed by atoms with Crippen molar-refractivity contribution in [2.45, 2.75) is 0 Å². The normalized spacial score (nSPS) is 11.0. The van der Waals surface area contributed by atoms with E-state index in [9.17, 15) is 4.79 Å². The van der Waals surface area contributed by atoms with Crippen LogP contribution in [0.25, 0.3) is 17.0 Å². The molecule has 1 N–H and O–H groups in total. The first-order chi connectivity index (χ1) is 13.1. The summed E-state index contributed by atoms with van der Waals surface area (Å²) >= 11 is 0. The quantitative estimate of drug-likeness (QED) is 0.503. The maximum atomic E-state index is 12.7. The Hall–Kier alpha value is -3.41. The number of benzene rings is 2. The van der Waals surface area contributed by atoms with Gasteiger partial charge in [-0.25, -0.2) is 0 Å². The van der Waals surface area contributed by atoms with Gasteiger partial charge >= 0.3 is 0 Å². The summed E-state index contributed by atoms with van der Waals surface area (Å²) in [5.74, 6) is 1.87. The van der Waals surface area contributed by atoms with Gasteiger partial charge in [0.15, 0.2) is 17.3 Å². The number of rotatable bonds is 7. The average Bonchev–Trinajstić information content (AvgIpc) is 3.13. The Labute approximate surface area is 157 Å². The van der Waals surface area contributed by atoms with E-state index in [1.807, 2.05) is 24.4 Å². The van der Waals surface area contributed by atoms with Crippen molar-refractivity contribution >= 4 is 22.8 Å². The van der Waals surface area contributed by atoms with Gasteiger partial charge in [-0.15, -0.1) is 0 Å². The van der Waals surface area contributed by atoms with Crippen LogP contribution in [0.1, 0.15) is 15.9 Å². The molecule has 27 heavy (non-hydrogen) atoms. The molecule has 0 aliphatic heterocycles. The van der Waals surface area contributed by atoms with Crippen molar-refractivity contribution in [3.63, 3.8) is 0 Å². The fourth-order valence-corrected chi connectivity index (χ4v) is 2.96. The molecule has 1 aromatic heterocycles. The lowest BCUT2D eigenvalue weighted by Crippen LogP contribution is -2.00. The fraction of sp³-hybridized carbons (Fsp3) is 0.190. The number of fused-ring (bicyclic) bond motifs is 1. The van der Waals surface area contributed by atoms with E-state index in [4.69, 9.17) is 18.9 Å². The van der Waals surface area contributed by atoms with Gasteiger partial charge in [-0.1, -0.05) is 6.07 Å². The molecule has 0 radical (unpaired) electrons. The van der Waals surface area contributed by atoms with E-state index in [0.29, 0.717) is 22.8 Å². The second-order valence-corrected chi connectivity index (χ2v) is 5.74. The smallest absolute Gasteiger partial charge is 0.203 e. The summed E-state index contributed by atoms with van der Waals surface area (Å²) in [6, 6.07) is 9.00. The third-order valence-electron chi connectivity index (χ3n) is 4.28. The van der Waals surface area contributed by atoms with E-state index in [0.717, 1.165) is 22.2 Å². The molecular weight excluding hydrogens is 346 g/mol. The van der Waals surface area contributed by atoms with Crippen LogP contribution in [0.15, 0.2) is 42.6 Å². The molecule has 3 rings (SSSR count). The Balaban J connectivity index is 1.96. The molecule has 0 saturated heterocycles. The maximum Gasteiger partial charge on any atom is 0.203 e. The van der Waals surface area contributed by atoms with Crippen molar-refractivity contribution in [1.82, 2.24) is 4.98 Å². The zero-order valence-corrected chi connectivity index (χ0v) is 15.7. The van der Waals surface area contributed by atoms with Crippen molar-refractivity contribution in [2.75, 3.05) is 28.4 Å². The van der Waals surface area contributed by atoms with Crippen LogP contribution < -0.4 is 18.9 Å². The molecule has 6 heteroatoms. The molecule has 0 aliphatic carbocycles. The lowest BCUT2D eigenvalue weighted by Gasteiger charge is -2.13. The number of carbonyl (C=O) groups is 1. The monoisotopic (exact) mass is 367 g/mol. The van der Waals surface area contributed by atoms with E-state index < -0.39 is 0 Å². The number of methoxy groups -OCH3 is 4. The Morgan fingerprint density at radius 2 is 1.59 bits per heavy atom. The molecule has 140 valence electrons. The number of nitrogens with one attached hydrogen (secondary N) is 1. The van der Waals surface area contributed by atoms with Crippen LogP contribution in [0, 0.1) is 0 Å². The molecular formula is C21H21NO5. The van der Waals surface area contributed by atoms with Crippen molar-refractivity contribution in [2.24, 2.45) is 0 Å². The number of carbonyl (C=O) groups excluding carboxylic acids is 1. The van der Waals surface area contributed by atoms with Crippen LogP contribution in [0.2, 0.25) is 0 Å². The molecule has 0 unspecified atom stereocenters. The van der Waals surface area contributed by atoms with Gasteiger partial charge in [0.25, 0.3) is 0 Å². The summed E-state index contributed by atoms with van der Waals surface area (Å²) in [4.78, 5) is 15.9. The van der Waals surface area contributed by atoms with E-state index >= 15 is 0 Å². The van der Waals surface area contributed by atoms with Crippen LogP contribution in [0.3, 0.4) is 0 Å². The first-order valence-electron chi connectivity index (χ1n) is 8.29. The highest BCUT2D eigenvalue weighted by atomic mass is 16.5. The van der Waals surface area contributed by atoms with Crippen LogP contribution in [0.5, 0.6) is 23.0 Å². The van der Waals surface area contributed by atoms with Gasteiger partial charge in [0.1, 0.15) is 5.75 Å². The zero-order chi connectivity index (χ0) is 19.4. The van der Waals surface area contributed by atoms with E-state index in [2.05, 4.69) is 4.98 Å². The summed E-state index contributed by atoms with van der Waals surface area (Å²) in [6.45, 7) is 0. The van der Waals surface area contributed by atoms with E-state index in [1.165, 1.54) is 27.4 Å². The summed E-state index contributed by atoms with van der Waals surface area (Å²) in [5, 5.41) is 0.925. The molecule has 0 bridgehead atoms. The second kappa shape index (κ2) is 7.86.